The van der Waals surface area contributed by atoms with E-state index in [0.717, 1.165) is 23.2 Å². The van der Waals surface area contributed by atoms with Crippen molar-refractivity contribution >= 4 is 5.52 Å². The molecule has 3 aromatic heterocycles. The molecule has 0 amide bonds. The van der Waals surface area contributed by atoms with Gasteiger partial charge in [-0.1, -0.05) is 31.2 Å². The van der Waals surface area contributed by atoms with Gasteiger partial charge in [0, 0.05) is 23.5 Å². The molecule has 0 aliphatic rings. The highest BCUT2D eigenvalue weighted by atomic mass is 16.5. The van der Waals surface area contributed by atoms with Gasteiger partial charge in [0.15, 0.2) is 11.5 Å². The highest BCUT2D eigenvalue weighted by Gasteiger charge is 2.16. The first-order chi connectivity index (χ1) is 17.5. The first kappa shape index (κ1) is 23.4. The quantitative estimate of drug-likeness (QED) is 0.303. The summed E-state index contributed by atoms with van der Waals surface area (Å²) in [6.07, 6.45) is 4.49. The number of benzene rings is 2. The lowest BCUT2D eigenvalue weighted by Gasteiger charge is -2.09. The van der Waals surface area contributed by atoms with E-state index in [1.54, 1.807) is 28.6 Å². The van der Waals surface area contributed by atoms with Crippen LogP contribution in [0.1, 0.15) is 30.9 Å². The Balaban J connectivity index is 1.44. The number of aromatic nitrogens is 4. The molecular weight excluding hydrogens is 456 g/mol. The van der Waals surface area contributed by atoms with Crippen molar-refractivity contribution in [2.45, 2.75) is 33.7 Å². The number of nitrogens with zero attached hydrogens (tertiary/aromatic N) is 4. The Hall–Kier alpha value is -4.33. The van der Waals surface area contributed by atoms with Crippen LogP contribution in [0, 0.1) is 6.92 Å². The van der Waals surface area contributed by atoms with Crippen LogP contribution in [0.25, 0.3) is 28.2 Å². The molecule has 2 aromatic carbocycles. The van der Waals surface area contributed by atoms with Crippen molar-refractivity contribution in [2.24, 2.45) is 0 Å². The van der Waals surface area contributed by atoms with Gasteiger partial charge in [0.25, 0.3) is 5.56 Å². The maximum Gasteiger partial charge on any atom is 0.276 e. The van der Waals surface area contributed by atoms with E-state index in [2.05, 4.69) is 29.1 Å². The van der Waals surface area contributed by atoms with E-state index in [4.69, 9.17) is 13.9 Å². The minimum absolute atomic E-state index is 0.145. The molecule has 36 heavy (non-hydrogen) atoms. The Kier molecular flexibility index (Phi) is 6.33. The molecule has 0 aliphatic carbocycles. The number of rotatable bonds is 8. The monoisotopic (exact) mass is 484 g/mol. The molecule has 5 aromatic rings. The molecule has 0 bridgehead atoms. The zero-order valence-corrected chi connectivity index (χ0v) is 20.8. The van der Waals surface area contributed by atoms with Gasteiger partial charge in [-0.2, -0.15) is 5.10 Å². The second kappa shape index (κ2) is 9.73. The highest BCUT2D eigenvalue weighted by Crippen LogP contribution is 2.33. The Morgan fingerprint density at radius 2 is 1.75 bits per heavy atom. The van der Waals surface area contributed by atoms with Crippen LogP contribution in [0.5, 0.6) is 11.5 Å². The molecule has 0 fully saturated rings. The second-order valence-electron chi connectivity index (χ2n) is 8.46. The number of oxazole rings is 1. The summed E-state index contributed by atoms with van der Waals surface area (Å²) in [7, 11) is 1.60. The molecule has 0 saturated carbocycles. The van der Waals surface area contributed by atoms with E-state index in [0.29, 0.717) is 41.0 Å². The SMILES string of the molecule is CCOc1ccc(-c2nc(Cn3ccn4nc(-c5ccc(CC)cc5)cc4c3=O)c(C)o2)cc1OC. The third kappa shape index (κ3) is 4.37. The molecule has 3 heterocycles. The zero-order valence-electron chi connectivity index (χ0n) is 20.8. The number of hydrogen-bond donors (Lipinski definition) is 0. The van der Waals surface area contributed by atoms with Gasteiger partial charge in [-0.15, -0.1) is 0 Å². The molecule has 0 spiro atoms. The summed E-state index contributed by atoms with van der Waals surface area (Å²) in [6.45, 7) is 6.71. The number of fused-ring (bicyclic) bond motifs is 1. The second-order valence-corrected chi connectivity index (χ2v) is 8.46. The standard InChI is InChI=1S/C28H28N4O4/c1-5-19-7-9-20(10-8-19)22-16-24-28(33)31(13-14-32(24)30-22)17-23-18(3)36-27(29-23)21-11-12-25(35-6-2)26(15-21)34-4/h7-16H,5-6,17H2,1-4H3. The van der Waals surface area contributed by atoms with E-state index in [1.165, 1.54) is 5.56 Å². The molecule has 5 rings (SSSR count). The maximum atomic E-state index is 13.3. The molecule has 184 valence electrons. The van der Waals surface area contributed by atoms with E-state index >= 15 is 0 Å². The molecule has 8 heteroatoms. The summed E-state index contributed by atoms with van der Waals surface area (Å²) in [5.41, 5.74) is 4.80. The van der Waals surface area contributed by atoms with Crippen LogP contribution in [0.4, 0.5) is 0 Å². The van der Waals surface area contributed by atoms with Crippen molar-refractivity contribution in [3.63, 3.8) is 0 Å². The van der Waals surface area contributed by atoms with Gasteiger partial charge in [-0.3, -0.25) is 4.79 Å². The largest absolute Gasteiger partial charge is 0.493 e. The summed E-state index contributed by atoms with van der Waals surface area (Å²) < 4.78 is 20.2. The van der Waals surface area contributed by atoms with Crippen LogP contribution < -0.4 is 15.0 Å². The highest BCUT2D eigenvalue weighted by molar-refractivity contribution is 5.65. The fourth-order valence-electron chi connectivity index (χ4n) is 4.14. The average Bonchev–Trinajstić information content (AvgIpc) is 3.50. The van der Waals surface area contributed by atoms with Crippen LogP contribution in [0.2, 0.25) is 0 Å². The van der Waals surface area contributed by atoms with E-state index in [-0.39, 0.29) is 12.1 Å². The van der Waals surface area contributed by atoms with Crippen molar-refractivity contribution in [1.29, 1.82) is 0 Å². The lowest BCUT2D eigenvalue weighted by molar-refractivity contribution is 0.311. The fraction of sp³-hybridized carbons (Fsp3) is 0.250. The van der Waals surface area contributed by atoms with Gasteiger partial charge in [-0.05, 0) is 50.1 Å². The van der Waals surface area contributed by atoms with Crippen LogP contribution in [-0.4, -0.2) is 32.9 Å². The number of aryl methyl sites for hydroxylation is 2. The molecule has 0 saturated heterocycles. The minimum atomic E-state index is -0.145. The molecule has 0 radical (unpaired) electrons. The van der Waals surface area contributed by atoms with Gasteiger partial charge >= 0.3 is 0 Å². The summed E-state index contributed by atoms with van der Waals surface area (Å²) in [6, 6.07) is 15.6. The van der Waals surface area contributed by atoms with Gasteiger partial charge in [0.2, 0.25) is 5.89 Å². The van der Waals surface area contributed by atoms with E-state index < -0.39 is 0 Å². The number of ether oxygens (including phenoxy) is 2. The number of hydrogen-bond acceptors (Lipinski definition) is 6. The van der Waals surface area contributed by atoms with Crippen LogP contribution in [0.3, 0.4) is 0 Å². The average molecular weight is 485 g/mol. The molecule has 0 N–H and O–H groups in total. The lowest BCUT2D eigenvalue weighted by atomic mass is 10.1. The lowest BCUT2D eigenvalue weighted by Crippen LogP contribution is -2.22. The smallest absolute Gasteiger partial charge is 0.276 e. The Morgan fingerprint density at radius 3 is 2.47 bits per heavy atom. The minimum Gasteiger partial charge on any atom is -0.493 e. The zero-order chi connectivity index (χ0) is 25.2. The Morgan fingerprint density at radius 1 is 0.972 bits per heavy atom. The van der Waals surface area contributed by atoms with Gasteiger partial charge in [-0.25, -0.2) is 9.50 Å². The third-order valence-corrected chi connectivity index (χ3v) is 6.18. The molecular formula is C28H28N4O4. The summed E-state index contributed by atoms with van der Waals surface area (Å²) in [4.78, 5) is 17.9. The van der Waals surface area contributed by atoms with Gasteiger partial charge < -0.3 is 18.5 Å². The van der Waals surface area contributed by atoms with Crippen molar-refractivity contribution in [3.05, 3.63) is 88.3 Å². The van der Waals surface area contributed by atoms with Gasteiger partial charge in [0.05, 0.1) is 26.0 Å². The fourth-order valence-corrected chi connectivity index (χ4v) is 4.14. The van der Waals surface area contributed by atoms with Crippen molar-refractivity contribution in [3.8, 4) is 34.2 Å². The third-order valence-electron chi connectivity index (χ3n) is 6.18. The first-order valence-corrected chi connectivity index (χ1v) is 12.0. The van der Waals surface area contributed by atoms with Crippen LogP contribution in [0.15, 0.2) is 70.1 Å². The van der Waals surface area contributed by atoms with E-state index in [9.17, 15) is 4.79 Å². The predicted octanol–water partition coefficient (Wildman–Crippen LogP) is 5.14. The Bertz CT molecular complexity index is 1580. The summed E-state index contributed by atoms with van der Waals surface area (Å²) in [5, 5.41) is 4.59. The van der Waals surface area contributed by atoms with Gasteiger partial charge in [0.1, 0.15) is 17.0 Å². The molecule has 8 nitrogen and oxygen atoms in total. The summed E-state index contributed by atoms with van der Waals surface area (Å²) in [5.74, 6) is 2.37. The van der Waals surface area contributed by atoms with Crippen LogP contribution in [-0.2, 0) is 13.0 Å². The first-order valence-electron chi connectivity index (χ1n) is 12.0. The van der Waals surface area contributed by atoms with Crippen molar-refractivity contribution in [2.75, 3.05) is 13.7 Å². The van der Waals surface area contributed by atoms with Crippen molar-refractivity contribution < 1.29 is 13.9 Å². The topological polar surface area (TPSA) is 83.8 Å². The molecule has 0 atom stereocenters. The molecule has 0 aliphatic heterocycles. The number of methoxy groups -OCH3 is 1. The normalized spacial score (nSPS) is 11.2. The van der Waals surface area contributed by atoms with Crippen molar-refractivity contribution in [1.82, 2.24) is 19.2 Å². The predicted molar refractivity (Wildman–Crippen MR) is 138 cm³/mol. The molecule has 0 unspecified atom stereocenters. The Labute approximate surface area is 208 Å². The summed E-state index contributed by atoms with van der Waals surface area (Å²) >= 11 is 0. The van der Waals surface area contributed by atoms with Crippen LogP contribution >= 0.6 is 0 Å². The maximum absolute atomic E-state index is 13.3. The van der Waals surface area contributed by atoms with E-state index in [1.807, 2.05) is 50.2 Å².